The maximum atomic E-state index is 5.73. The summed E-state index contributed by atoms with van der Waals surface area (Å²) >= 11 is 3.70. The third kappa shape index (κ3) is 4.75. The van der Waals surface area contributed by atoms with Gasteiger partial charge in [0.1, 0.15) is 13.2 Å². The van der Waals surface area contributed by atoms with Gasteiger partial charge >= 0.3 is 0 Å². The highest BCUT2D eigenvalue weighted by Gasteiger charge is 2.22. The Morgan fingerprint density at radius 3 is 2.48 bits per heavy atom. The highest BCUT2D eigenvalue weighted by Crippen LogP contribution is 2.36. The van der Waals surface area contributed by atoms with Crippen LogP contribution >= 0.6 is 28.3 Å². The molecule has 0 aromatic heterocycles. The zero-order valence-electron chi connectivity index (χ0n) is 13.6. The van der Waals surface area contributed by atoms with Crippen LogP contribution in [-0.4, -0.2) is 43.8 Å². The van der Waals surface area contributed by atoms with E-state index < -0.39 is 0 Å². The van der Waals surface area contributed by atoms with E-state index in [4.69, 9.17) is 9.47 Å². The quantitative estimate of drug-likeness (QED) is 0.811. The molecule has 1 fully saturated rings. The molecule has 0 aliphatic carbocycles. The molecule has 1 aromatic carbocycles. The first-order chi connectivity index (χ1) is 10.8. The van der Waals surface area contributed by atoms with Gasteiger partial charge in [0.15, 0.2) is 11.5 Å². The lowest BCUT2D eigenvalue weighted by Gasteiger charge is -2.35. The van der Waals surface area contributed by atoms with Crippen molar-refractivity contribution < 1.29 is 9.47 Å². The Labute approximate surface area is 153 Å². The summed E-state index contributed by atoms with van der Waals surface area (Å²) in [5.74, 6) is 1.73. The third-order valence-electron chi connectivity index (χ3n) is 4.42. The molecule has 2 heterocycles. The van der Waals surface area contributed by atoms with Crippen LogP contribution in [0.5, 0.6) is 11.5 Å². The highest BCUT2D eigenvalue weighted by molar-refractivity contribution is 9.10. The molecule has 0 atom stereocenters. The largest absolute Gasteiger partial charge is 0.486 e. The van der Waals surface area contributed by atoms with Crippen LogP contribution < -0.4 is 14.8 Å². The molecule has 2 aliphatic rings. The molecule has 1 saturated heterocycles. The summed E-state index contributed by atoms with van der Waals surface area (Å²) in [7, 11) is 0. The van der Waals surface area contributed by atoms with Gasteiger partial charge in [-0.3, -0.25) is 4.90 Å². The van der Waals surface area contributed by atoms with Crippen LogP contribution in [0.2, 0.25) is 0 Å². The minimum atomic E-state index is 0. The lowest BCUT2D eigenvalue weighted by atomic mass is 10.0. The van der Waals surface area contributed by atoms with E-state index in [1.807, 2.05) is 0 Å². The molecule has 2 aliphatic heterocycles. The van der Waals surface area contributed by atoms with E-state index in [0.717, 1.165) is 42.2 Å². The van der Waals surface area contributed by atoms with Crippen molar-refractivity contribution in [1.82, 2.24) is 10.2 Å². The van der Waals surface area contributed by atoms with Crippen molar-refractivity contribution in [2.75, 3.05) is 32.8 Å². The number of rotatable bonds is 5. The Morgan fingerprint density at radius 2 is 1.83 bits per heavy atom. The number of ether oxygens (including phenoxy) is 2. The van der Waals surface area contributed by atoms with Gasteiger partial charge in [0.05, 0.1) is 0 Å². The molecule has 0 spiro atoms. The van der Waals surface area contributed by atoms with Crippen molar-refractivity contribution in [1.29, 1.82) is 0 Å². The molecule has 0 bridgehead atoms. The van der Waals surface area contributed by atoms with E-state index in [9.17, 15) is 0 Å². The summed E-state index contributed by atoms with van der Waals surface area (Å²) in [4.78, 5) is 2.62. The van der Waals surface area contributed by atoms with E-state index in [1.165, 1.54) is 24.8 Å². The molecule has 23 heavy (non-hydrogen) atoms. The van der Waals surface area contributed by atoms with Crippen LogP contribution in [0.3, 0.4) is 0 Å². The van der Waals surface area contributed by atoms with E-state index in [0.29, 0.717) is 19.3 Å². The fourth-order valence-electron chi connectivity index (χ4n) is 3.30. The van der Waals surface area contributed by atoms with Gasteiger partial charge in [0.25, 0.3) is 0 Å². The number of hydrogen-bond acceptors (Lipinski definition) is 4. The van der Waals surface area contributed by atoms with Gasteiger partial charge in [0, 0.05) is 17.1 Å². The number of piperidine rings is 1. The predicted molar refractivity (Wildman–Crippen MR) is 99.0 cm³/mol. The zero-order chi connectivity index (χ0) is 15.4. The smallest absolute Gasteiger partial charge is 0.162 e. The SMILES string of the molecule is CCCN(Cc1cc2c(cc1Br)OCCO2)C1CCNCC1.Cl. The zero-order valence-corrected chi connectivity index (χ0v) is 16.0. The van der Waals surface area contributed by atoms with Crippen LogP contribution in [0.25, 0.3) is 0 Å². The lowest BCUT2D eigenvalue weighted by molar-refractivity contribution is 0.152. The molecule has 0 saturated carbocycles. The lowest BCUT2D eigenvalue weighted by Crippen LogP contribution is -2.43. The first-order valence-electron chi connectivity index (χ1n) is 8.30. The first kappa shape index (κ1) is 18.8. The monoisotopic (exact) mass is 404 g/mol. The van der Waals surface area contributed by atoms with Crippen LogP contribution in [0.1, 0.15) is 31.7 Å². The first-order valence-corrected chi connectivity index (χ1v) is 9.10. The molecule has 0 radical (unpaired) electrons. The number of hydrogen-bond donors (Lipinski definition) is 1. The highest BCUT2D eigenvalue weighted by atomic mass is 79.9. The third-order valence-corrected chi connectivity index (χ3v) is 5.16. The van der Waals surface area contributed by atoms with Gasteiger partial charge in [-0.15, -0.1) is 12.4 Å². The fraction of sp³-hybridized carbons (Fsp3) is 0.647. The number of fused-ring (bicyclic) bond motifs is 1. The number of benzene rings is 1. The van der Waals surface area contributed by atoms with Crippen molar-refractivity contribution in [3.05, 3.63) is 22.2 Å². The number of halogens is 2. The van der Waals surface area contributed by atoms with Gasteiger partial charge in [-0.2, -0.15) is 0 Å². The predicted octanol–water partition coefficient (Wildman–Crippen LogP) is 3.61. The molecular weight excluding hydrogens is 380 g/mol. The summed E-state index contributed by atoms with van der Waals surface area (Å²) in [5.41, 5.74) is 1.29. The van der Waals surface area contributed by atoms with E-state index in [-0.39, 0.29) is 12.4 Å². The van der Waals surface area contributed by atoms with Gasteiger partial charge < -0.3 is 14.8 Å². The second-order valence-corrected chi connectivity index (χ2v) is 6.89. The van der Waals surface area contributed by atoms with Crippen LogP contribution in [0.4, 0.5) is 0 Å². The van der Waals surface area contributed by atoms with Gasteiger partial charge in [-0.05, 0) is 56.6 Å². The average Bonchev–Trinajstić information content (AvgIpc) is 2.56. The molecule has 4 nitrogen and oxygen atoms in total. The van der Waals surface area contributed by atoms with Crippen LogP contribution in [-0.2, 0) is 6.54 Å². The van der Waals surface area contributed by atoms with Crippen molar-refractivity contribution in [3.8, 4) is 11.5 Å². The van der Waals surface area contributed by atoms with Gasteiger partial charge in [-0.1, -0.05) is 22.9 Å². The number of nitrogens with one attached hydrogen (secondary N) is 1. The van der Waals surface area contributed by atoms with E-state index >= 15 is 0 Å². The van der Waals surface area contributed by atoms with Crippen LogP contribution in [0.15, 0.2) is 16.6 Å². The maximum Gasteiger partial charge on any atom is 0.162 e. The second-order valence-electron chi connectivity index (χ2n) is 6.04. The van der Waals surface area contributed by atoms with E-state index in [2.05, 4.69) is 45.2 Å². The Balaban J connectivity index is 0.00000192. The topological polar surface area (TPSA) is 33.7 Å². The summed E-state index contributed by atoms with van der Waals surface area (Å²) in [6.07, 6.45) is 3.66. The van der Waals surface area contributed by atoms with Crippen molar-refractivity contribution >= 4 is 28.3 Å². The second kappa shape index (κ2) is 9.11. The summed E-state index contributed by atoms with van der Waals surface area (Å²) in [6, 6.07) is 4.87. The molecule has 0 amide bonds. The van der Waals surface area contributed by atoms with Crippen molar-refractivity contribution in [2.45, 2.75) is 38.8 Å². The minimum absolute atomic E-state index is 0. The Morgan fingerprint density at radius 1 is 1.17 bits per heavy atom. The standard InChI is InChI=1S/C17H25BrN2O2.ClH/c1-2-7-20(14-3-5-19-6-4-14)12-13-10-16-17(11-15(13)18)22-9-8-21-16;/h10-11,14,19H,2-9,12H2,1H3;1H. The Kier molecular flexibility index (Phi) is 7.47. The maximum absolute atomic E-state index is 5.73. The van der Waals surface area contributed by atoms with Crippen molar-refractivity contribution in [3.63, 3.8) is 0 Å². The molecule has 1 aromatic rings. The Hall–Kier alpha value is -0.490. The fourth-order valence-corrected chi connectivity index (χ4v) is 3.74. The number of nitrogens with zero attached hydrogens (tertiary/aromatic N) is 1. The molecule has 0 unspecified atom stereocenters. The van der Waals surface area contributed by atoms with Gasteiger partial charge in [-0.25, -0.2) is 0 Å². The molecule has 1 N–H and O–H groups in total. The van der Waals surface area contributed by atoms with E-state index in [1.54, 1.807) is 0 Å². The summed E-state index contributed by atoms with van der Waals surface area (Å²) in [6.45, 7) is 7.91. The molecule has 6 heteroatoms. The minimum Gasteiger partial charge on any atom is -0.486 e. The Bertz CT molecular complexity index is 510. The summed E-state index contributed by atoms with van der Waals surface area (Å²) < 4.78 is 12.5. The molecule has 130 valence electrons. The molecular formula is C17H26BrClN2O2. The summed E-state index contributed by atoms with van der Waals surface area (Å²) in [5, 5.41) is 3.46. The van der Waals surface area contributed by atoms with Crippen molar-refractivity contribution in [2.24, 2.45) is 0 Å². The normalized spacial score (nSPS) is 17.9. The molecule has 3 rings (SSSR count). The van der Waals surface area contributed by atoms with Crippen LogP contribution in [0, 0.1) is 0 Å². The average molecular weight is 406 g/mol. The van der Waals surface area contributed by atoms with Gasteiger partial charge in [0.2, 0.25) is 0 Å².